The molecule has 0 aromatic heterocycles. The number of halogens is 3. The number of benzene rings is 3. The zero-order valence-corrected chi connectivity index (χ0v) is 19.2. The van der Waals surface area contributed by atoms with E-state index in [4.69, 9.17) is 32.7 Å². The molecule has 0 amide bonds. The molecule has 0 saturated carbocycles. The maximum Gasteiger partial charge on any atom is 0.175 e. The topological polar surface area (TPSA) is 30.5 Å². The molecule has 152 valence electrons. The second kappa shape index (κ2) is 10.9. The summed E-state index contributed by atoms with van der Waals surface area (Å²) in [5, 5.41) is 4.90. The molecule has 0 aliphatic rings. The van der Waals surface area contributed by atoms with Crippen LogP contribution in [0.25, 0.3) is 0 Å². The van der Waals surface area contributed by atoms with Crippen LogP contribution in [0.3, 0.4) is 0 Å². The maximum absolute atomic E-state index is 6.21. The predicted molar refractivity (Wildman–Crippen MR) is 123 cm³/mol. The van der Waals surface area contributed by atoms with Gasteiger partial charge >= 0.3 is 0 Å². The molecule has 0 atom stereocenters. The number of rotatable bonds is 9. The summed E-state index contributed by atoms with van der Waals surface area (Å²) in [6, 6.07) is 19.6. The lowest BCUT2D eigenvalue weighted by atomic mass is 10.1. The van der Waals surface area contributed by atoms with Gasteiger partial charge in [-0.25, -0.2) is 0 Å². The predicted octanol–water partition coefficient (Wildman–Crippen LogP) is 6.68. The second-order valence-electron chi connectivity index (χ2n) is 6.54. The molecule has 0 fully saturated rings. The van der Waals surface area contributed by atoms with Gasteiger partial charge in [0.2, 0.25) is 0 Å². The Hall–Kier alpha value is -1.72. The summed E-state index contributed by atoms with van der Waals surface area (Å²) in [7, 11) is 1.64. The van der Waals surface area contributed by atoms with Gasteiger partial charge in [0.25, 0.3) is 0 Å². The highest BCUT2D eigenvalue weighted by Gasteiger charge is 2.13. The summed E-state index contributed by atoms with van der Waals surface area (Å²) in [5.74, 6) is 1.35. The molecular formula is C23H22BrCl2NO2. The fraction of sp³-hybridized carbons (Fsp3) is 0.217. The Kier molecular flexibility index (Phi) is 8.25. The molecule has 0 aliphatic heterocycles. The molecule has 0 saturated heterocycles. The van der Waals surface area contributed by atoms with Crippen LogP contribution in [-0.4, -0.2) is 13.7 Å². The zero-order valence-electron chi connectivity index (χ0n) is 16.1. The average Bonchev–Trinajstić information content (AvgIpc) is 2.72. The Morgan fingerprint density at radius 2 is 1.72 bits per heavy atom. The highest BCUT2D eigenvalue weighted by Crippen LogP contribution is 2.37. The van der Waals surface area contributed by atoms with Crippen molar-refractivity contribution in [1.82, 2.24) is 5.32 Å². The third-order valence-corrected chi connectivity index (χ3v) is 5.66. The first-order valence-electron chi connectivity index (χ1n) is 9.24. The normalized spacial score (nSPS) is 10.8. The van der Waals surface area contributed by atoms with Crippen LogP contribution in [-0.2, 0) is 19.6 Å². The van der Waals surface area contributed by atoms with E-state index in [9.17, 15) is 0 Å². The number of methoxy groups -OCH3 is 1. The van der Waals surface area contributed by atoms with Gasteiger partial charge in [0.1, 0.15) is 6.61 Å². The van der Waals surface area contributed by atoms with Crippen LogP contribution in [0, 0.1) is 0 Å². The van der Waals surface area contributed by atoms with E-state index < -0.39 is 0 Å². The maximum atomic E-state index is 6.21. The van der Waals surface area contributed by atoms with Crippen molar-refractivity contribution in [3.8, 4) is 11.5 Å². The first kappa shape index (κ1) is 22.0. The molecular weight excluding hydrogens is 473 g/mol. The van der Waals surface area contributed by atoms with Gasteiger partial charge in [-0.15, -0.1) is 0 Å². The number of nitrogens with one attached hydrogen (secondary N) is 1. The molecule has 3 rings (SSSR count). The third kappa shape index (κ3) is 6.38. The van der Waals surface area contributed by atoms with Crippen molar-refractivity contribution < 1.29 is 9.47 Å². The zero-order chi connectivity index (χ0) is 20.6. The quantitative estimate of drug-likeness (QED) is 0.336. The highest BCUT2D eigenvalue weighted by atomic mass is 79.9. The van der Waals surface area contributed by atoms with E-state index >= 15 is 0 Å². The molecule has 0 aliphatic carbocycles. The summed E-state index contributed by atoms with van der Waals surface area (Å²) in [6.45, 7) is 1.97. The van der Waals surface area contributed by atoms with E-state index in [1.54, 1.807) is 7.11 Å². The SMILES string of the molecule is COc1cc(CNCCc2ccc(Cl)cc2)cc(Br)c1OCc1ccccc1Cl. The molecule has 0 bridgehead atoms. The first-order valence-corrected chi connectivity index (χ1v) is 10.8. The fourth-order valence-corrected chi connectivity index (χ4v) is 3.82. The van der Waals surface area contributed by atoms with Gasteiger partial charge in [-0.3, -0.25) is 0 Å². The summed E-state index contributed by atoms with van der Waals surface area (Å²) in [4.78, 5) is 0. The lowest BCUT2D eigenvalue weighted by Crippen LogP contribution is -2.16. The molecule has 29 heavy (non-hydrogen) atoms. The van der Waals surface area contributed by atoms with Crippen LogP contribution < -0.4 is 14.8 Å². The van der Waals surface area contributed by atoms with Crippen LogP contribution in [0.4, 0.5) is 0 Å². The fourth-order valence-electron chi connectivity index (χ4n) is 2.90. The van der Waals surface area contributed by atoms with Gasteiger partial charge in [0, 0.05) is 22.2 Å². The minimum Gasteiger partial charge on any atom is -0.493 e. The molecule has 1 N–H and O–H groups in total. The smallest absolute Gasteiger partial charge is 0.175 e. The molecule has 3 nitrogen and oxygen atoms in total. The summed E-state index contributed by atoms with van der Waals surface area (Å²) < 4.78 is 12.4. The second-order valence-corrected chi connectivity index (χ2v) is 8.24. The molecule has 3 aromatic carbocycles. The minimum absolute atomic E-state index is 0.368. The van der Waals surface area contributed by atoms with Crippen molar-refractivity contribution in [2.45, 2.75) is 19.6 Å². The third-order valence-electron chi connectivity index (χ3n) is 4.45. The highest BCUT2D eigenvalue weighted by molar-refractivity contribution is 9.10. The van der Waals surface area contributed by atoms with Crippen molar-refractivity contribution in [2.24, 2.45) is 0 Å². The summed E-state index contributed by atoms with van der Waals surface area (Å²) >= 11 is 15.7. The van der Waals surface area contributed by atoms with Gasteiger partial charge in [0.05, 0.1) is 11.6 Å². The number of ether oxygens (including phenoxy) is 2. The van der Waals surface area contributed by atoms with Gasteiger partial charge in [-0.05, 0) is 70.4 Å². The molecule has 0 unspecified atom stereocenters. The lowest BCUT2D eigenvalue weighted by Gasteiger charge is -2.15. The minimum atomic E-state index is 0.368. The largest absolute Gasteiger partial charge is 0.493 e. The summed E-state index contributed by atoms with van der Waals surface area (Å²) in [5.41, 5.74) is 3.29. The van der Waals surface area contributed by atoms with Crippen LogP contribution in [0.2, 0.25) is 10.0 Å². The van der Waals surface area contributed by atoms with E-state index in [0.717, 1.165) is 40.1 Å². The van der Waals surface area contributed by atoms with Crippen molar-refractivity contribution in [3.63, 3.8) is 0 Å². The molecule has 0 heterocycles. The van der Waals surface area contributed by atoms with E-state index in [2.05, 4.69) is 33.4 Å². The number of hydrogen-bond acceptors (Lipinski definition) is 3. The van der Waals surface area contributed by atoms with Crippen LogP contribution in [0.1, 0.15) is 16.7 Å². The van der Waals surface area contributed by atoms with Crippen molar-refractivity contribution >= 4 is 39.1 Å². The molecule has 3 aromatic rings. The monoisotopic (exact) mass is 493 g/mol. The average molecular weight is 495 g/mol. The van der Waals surface area contributed by atoms with E-state index in [1.165, 1.54) is 5.56 Å². The van der Waals surface area contributed by atoms with Crippen molar-refractivity contribution in [3.05, 3.63) is 91.9 Å². The first-order chi connectivity index (χ1) is 14.1. The van der Waals surface area contributed by atoms with E-state index in [1.807, 2.05) is 48.5 Å². The Balaban J connectivity index is 1.58. The molecule has 0 spiro atoms. The lowest BCUT2D eigenvalue weighted by molar-refractivity contribution is 0.282. The van der Waals surface area contributed by atoms with Crippen LogP contribution in [0.5, 0.6) is 11.5 Å². The number of hydrogen-bond donors (Lipinski definition) is 1. The molecule has 0 radical (unpaired) electrons. The van der Waals surface area contributed by atoms with Gasteiger partial charge < -0.3 is 14.8 Å². The Morgan fingerprint density at radius 3 is 2.45 bits per heavy atom. The van der Waals surface area contributed by atoms with Crippen LogP contribution in [0.15, 0.2) is 65.1 Å². The van der Waals surface area contributed by atoms with E-state index in [0.29, 0.717) is 23.1 Å². The van der Waals surface area contributed by atoms with Gasteiger partial charge in [0.15, 0.2) is 11.5 Å². The Labute approximate surface area is 190 Å². The van der Waals surface area contributed by atoms with Crippen molar-refractivity contribution in [2.75, 3.05) is 13.7 Å². The van der Waals surface area contributed by atoms with Gasteiger partial charge in [-0.1, -0.05) is 53.5 Å². The van der Waals surface area contributed by atoms with Crippen molar-refractivity contribution in [1.29, 1.82) is 0 Å². The Bertz CT molecular complexity index is 948. The summed E-state index contributed by atoms with van der Waals surface area (Å²) in [6.07, 6.45) is 0.939. The molecule has 6 heteroatoms. The Morgan fingerprint density at radius 1 is 0.966 bits per heavy atom. The van der Waals surface area contributed by atoms with Gasteiger partial charge in [-0.2, -0.15) is 0 Å². The van der Waals surface area contributed by atoms with E-state index in [-0.39, 0.29) is 0 Å². The van der Waals surface area contributed by atoms with Crippen LogP contribution >= 0.6 is 39.1 Å². The standard InChI is InChI=1S/C23H22BrCl2NO2/c1-28-22-13-17(14-27-11-10-16-6-8-19(25)9-7-16)12-20(24)23(22)29-15-18-4-2-3-5-21(18)26/h2-9,12-13,27H,10-11,14-15H2,1H3.